The van der Waals surface area contributed by atoms with Gasteiger partial charge in [-0.25, -0.2) is 4.98 Å². The number of carbonyl (C=O) groups is 1. The summed E-state index contributed by atoms with van der Waals surface area (Å²) >= 11 is 2.54. The molecule has 0 aliphatic carbocycles. The summed E-state index contributed by atoms with van der Waals surface area (Å²) in [5.74, 6) is -0.201. The Balaban J connectivity index is 1.82. The number of nitro benzene ring substituents is 2. The molecule has 166 valence electrons. The maximum Gasteiger partial charge on any atom is 0.281 e. The zero-order valence-corrected chi connectivity index (χ0v) is 18.4. The highest BCUT2D eigenvalue weighted by Gasteiger charge is 2.26. The van der Waals surface area contributed by atoms with Crippen molar-refractivity contribution in [2.24, 2.45) is 5.10 Å². The molecule has 0 aliphatic heterocycles. The number of hydrazone groups is 1. The van der Waals surface area contributed by atoms with Crippen molar-refractivity contribution in [2.45, 2.75) is 0 Å². The van der Waals surface area contributed by atoms with E-state index in [0.717, 1.165) is 44.1 Å². The molecule has 2 heterocycles. The predicted molar refractivity (Wildman–Crippen MR) is 125 cm³/mol. The van der Waals surface area contributed by atoms with Crippen LogP contribution in [0.2, 0.25) is 0 Å². The van der Waals surface area contributed by atoms with Gasteiger partial charge in [0, 0.05) is 17.0 Å². The molecular formula is C20H13N5O6S2. The van der Waals surface area contributed by atoms with Gasteiger partial charge < -0.3 is 4.74 Å². The SMILES string of the molecule is COc1ccc2nc(N(/N=C/c3cccs3)C(=O)c3cc([N+](=O)[O-])cc([N+](=O)[O-])c3)sc2c1. The number of nitrogens with zero attached hydrogens (tertiary/aromatic N) is 5. The van der Waals surface area contributed by atoms with E-state index in [0.29, 0.717) is 11.3 Å². The van der Waals surface area contributed by atoms with Crippen LogP contribution in [0.1, 0.15) is 15.2 Å². The molecule has 0 aliphatic rings. The first-order valence-electron chi connectivity index (χ1n) is 9.16. The van der Waals surface area contributed by atoms with Gasteiger partial charge in [-0.15, -0.1) is 11.3 Å². The number of hydrogen-bond acceptors (Lipinski definition) is 10. The Kier molecular flexibility index (Phi) is 6.06. The molecule has 33 heavy (non-hydrogen) atoms. The van der Waals surface area contributed by atoms with E-state index in [2.05, 4.69) is 10.1 Å². The molecule has 13 heteroatoms. The lowest BCUT2D eigenvalue weighted by Gasteiger charge is -2.13. The molecule has 4 rings (SSSR count). The fourth-order valence-corrected chi connectivity index (χ4v) is 4.36. The molecule has 0 fully saturated rings. The molecule has 1 amide bonds. The van der Waals surface area contributed by atoms with Gasteiger partial charge in [-0.05, 0) is 29.6 Å². The van der Waals surface area contributed by atoms with Gasteiger partial charge in [0.15, 0.2) is 0 Å². The van der Waals surface area contributed by atoms with Crippen LogP contribution in [0.5, 0.6) is 5.75 Å². The molecule has 0 spiro atoms. The maximum absolute atomic E-state index is 13.4. The first-order chi connectivity index (χ1) is 15.9. The number of aromatic nitrogens is 1. The fraction of sp³-hybridized carbons (Fsp3) is 0.0500. The third-order valence-electron chi connectivity index (χ3n) is 4.37. The highest BCUT2D eigenvalue weighted by molar-refractivity contribution is 7.22. The third kappa shape index (κ3) is 4.68. The van der Waals surface area contributed by atoms with Crippen molar-refractivity contribution in [1.82, 2.24) is 4.98 Å². The van der Waals surface area contributed by atoms with Gasteiger partial charge in [-0.1, -0.05) is 17.4 Å². The van der Waals surface area contributed by atoms with Gasteiger partial charge in [-0.2, -0.15) is 10.1 Å². The van der Waals surface area contributed by atoms with Crippen LogP contribution in [0.3, 0.4) is 0 Å². The Bertz CT molecular complexity index is 1370. The Hall–Kier alpha value is -4.23. The standard InChI is InChI=1S/C20H13N5O6S2/c1-31-15-4-5-17-18(10-15)33-20(22-17)23(21-11-16-3-2-6-32-16)19(26)12-7-13(24(27)28)9-14(8-12)25(29)30/h2-11H,1H3/b21-11+. The second kappa shape index (κ2) is 9.10. The summed E-state index contributed by atoms with van der Waals surface area (Å²) in [4.78, 5) is 39.5. The average molecular weight is 483 g/mol. The van der Waals surface area contributed by atoms with Crippen LogP contribution < -0.4 is 9.75 Å². The van der Waals surface area contributed by atoms with Crippen LogP contribution in [-0.2, 0) is 0 Å². The van der Waals surface area contributed by atoms with E-state index in [1.165, 1.54) is 24.7 Å². The minimum Gasteiger partial charge on any atom is -0.497 e. The molecule has 0 unspecified atom stereocenters. The summed E-state index contributed by atoms with van der Waals surface area (Å²) < 4.78 is 5.94. The molecule has 0 saturated carbocycles. The van der Waals surface area contributed by atoms with Gasteiger partial charge in [0.05, 0.1) is 45.0 Å². The van der Waals surface area contributed by atoms with Crippen molar-refractivity contribution in [2.75, 3.05) is 12.1 Å². The van der Waals surface area contributed by atoms with Gasteiger partial charge in [0.2, 0.25) is 5.13 Å². The highest BCUT2D eigenvalue weighted by Crippen LogP contribution is 2.33. The van der Waals surface area contributed by atoms with Crippen molar-refractivity contribution >= 4 is 61.5 Å². The number of anilines is 1. The van der Waals surface area contributed by atoms with Crippen LogP contribution in [0.15, 0.2) is 59.0 Å². The Morgan fingerprint density at radius 3 is 2.45 bits per heavy atom. The summed E-state index contributed by atoms with van der Waals surface area (Å²) in [5, 5.41) is 29.8. The molecule has 0 radical (unpaired) electrons. The molecular weight excluding hydrogens is 470 g/mol. The molecule has 0 saturated heterocycles. The lowest BCUT2D eigenvalue weighted by molar-refractivity contribution is -0.394. The van der Waals surface area contributed by atoms with E-state index in [4.69, 9.17) is 4.74 Å². The monoisotopic (exact) mass is 483 g/mol. The van der Waals surface area contributed by atoms with Crippen LogP contribution >= 0.6 is 22.7 Å². The maximum atomic E-state index is 13.4. The van der Waals surface area contributed by atoms with E-state index >= 15 is 0 Å². The van der Waals surface area contributed by atoms with Crippen molar-refractivity contribution in [3.05, 3.63) is 84.6 Å². The molecule has 11 nitrogen and oxygen atoms in total. The number of carbonyl (C=O) groups excluding carboxylic acids is 1. The van der Waals surface area contributed by atoms with Gasteiger partial charge >= 0.3 is 0 Å². The average Bonchev–Trinajstić information content (AvgIpc) is 3.47. The Morgan fingerprint density at radius 2 is 1.85 bits per heavy atom. The van der Waals surface area contributed by atoms with Gasteiger partial charge in [0.25, 0.3) is 17.3 Å². The number of ether oxygens (including phenoxy) is 1. The zero-order valence-electron chi connectivity index (χ0n) is 16.8. The van der Waals surface area contributed by atoms with Gasteiger partial charge in [0.1, 0.15) is 5.75 Å². The number of hydrogen-bond donors (Lipinski definition) is 0. The van der Waals surface area contributed by atoms with Crippen molar-refractivity contribution in [3.8, 4) is 5.75 Å². The second-order valence-corrected chi connectivity index (χ2v) is 8.45. The summed E-state index contributed by atoms with van der Waals surface area (Å²) in [7, 11) is 1.53. The Labute approximate surface area is 193 Å². The topological polar surface area (TPSA) is 141 Å². The minimum absolute atomic E-state index is 0.185. The van der Waals surface area contributed by atoms with Crippen LogP contribution in [0.25, 0.3) is 10.2 Å². The van der Waals surface area contributed by atoms with Crippen LogP contribution in [-0.4, -0.2) is 34.1 Å². The smallest absolute Gasteiger partial charge is 0.281 e. The molecule has 2 aromatic carbocycles. The lowest BCUT2D eigenvalue weighted by atomic mass is 10.1. The Morgan fingerprint density at radius 1 is 1.12 bits per heavy atom. The molecule has 0 bridgehead atoms. The van der Waals surface area contributed by atoms with Crippen molar-refractivity contribution < 1.29 is 19.4 Å². The summed E-state index contributed by atoms with van der Waals surface area (Å²) in [6.45, 7) is 0. The number of thiophene rings is 1. The number of amides is 1. The number of methoxy groups -OCH3 is 1. The van der Waals surface area contributed by atoms with Crippen LogP contribution in [0.4, 0.5) is 16.5 Å². The predicted octanol–water partition coefficient (Wildman–Crippen LogP) is 4.86. The van der Waals surface area contributed by atoms with E-state index < -0.39 is 27.1 Å². The normalized spacial score (nSPS) is 11.1. The number of non-ortho nitro benzene ring substituents is 2. The molecule has 0 atom stereocenters. The quantitative estimate of drug-likeness (QED) is 0.207. The van der Waals surface area contributed by atoms with Crippen molar-refractivity contribution in [1.29, 1.82) is 0 Å². The molecule has 4 aromatic rings. The molecule has 2 aromatic heterocycles. The fourth-order valence-electron chi connectivity index (χ4n) is 2.83. The van der Waals surface area contributed by atoms with E-state index in [1.807, 2.05) is 11.4 Å². The minimum atomic E-state index is -0.805. The van der Waals surface area contributed by atoms with Crippen molar-refractivity contribution in [3.63, 3.8) is 0 Å². The summed E-state index contributed by atoms with van der Waals surface area (Å²) in [6, 6.07) is 11.5. The largest absolute Gasteiger partial charge is 0.497 e. The van der Waals surface area contributed by atoms with E-state index in [9.17, 15) is 25.0 Å². The first-order valence-corrected chi connectivity index (χ1v) is 10.9. The lowest BCUT2D eigenvalue weighted by Crippen LogP contribution is -2.25. The third-order valence-corrected chi connectivity index (χ3v) is 6.17. The van der Waals surface area contributed by atoms with Crippen LogP contribution in [0, 0.1) is 20.2 Å². The first kappa shape index (κ1) is 22.0. The van der Waals surface area contributed by atoms with E-state index in [-0.39, 0.29) is 10.7 Å². The number of rotatable bonds is 7. The highest BCUT2D eigenvalue weighted by atomic mass is 32.1. The number of nitro groups is 2. The zero-order chi connectivity index (χ0) is 23.5. The van der Waals surface area contributed by atoms with Gasteiger partial charge in [-0.3, -0.25) is 25.0 Å². The summed E-state index contributed by atoms with van der Waals surface area (Å²) in [6.07, 6.45) is 1.45. The molecule has 0 N–H and O–H groups in total. The number of thiazole rings is 1. The van der Waals surface area contributed by atoms with E-state index in [1.54, 1.807) is 24.3 Å². The second-order valence-electron chi connectivity index (χ2n) is 6.46. The number of benzene rings is 2. The summed E-state index contributed by atoms with van der Waals surface area (Å²) in [5.41, 5.74) is -0.839. The number of fused-ring (bicyclic) bond motifs is 1.